The fourth-order valence-corrected chi connectivity index (χ4v) is 3.94. The Labute approximate surface area is 147 Å². The van der Waals surface area contributed by atoms with Crippen molar-refractivity contribution in [2.24, 2.45) is 0 Å². The summed E-state index contributed by atoms with van der Waals surface area (Å²) in [5.41, 5.74) is 2.85. The topological polar surface area (TPSA) is 20.3 Å². The van der Waals surface area contributed by atoms with Crippen molar-refractivity contribution in [1.29, 1.82) is 0 Å². The number of amides is 1. The van der Waals surface area contributed by atoms with Crippen LogP contribution >= 0.6 is 39.9 Å². The molecule has 0 spiro atoms. The first kappa shape index (κ1) is 15.5. The van der Waals surface area contributed by atoms with Crippen molar-refractivity contribution >= 4 is 61.9 Å². The third-order valence-electron chi connectivity index (χ3n) is 3.30. The zero-order valence-corrected chi connectivity index (χ0v) is 15.0. The van der Waals surface area contributed by atoms with Gasteiger partial charge in [-0.05, 0) is 42.3 Å². The van der Waals surface area contributed by atoms with Gasteiger partial charge < -0.3 is 0 Å². The second-order valence-electron chi connectivity index (χ2n) is 4.86. The van der Waals surface area contributed by atoms with Crippen LogP contribution in [0.25, 0.3) is 6.08 Å². The molecule has 1 heterocycles. The Bertz CT molecular complexity index is 801. The van der Waals surface area contributed by atoms with Crippen molar-refractivity contribution in [1.82, 2.24) is 0 Å². The Balaban J connectivity index is 1.97. The number of rotatable bonds is 2. The number of thioether (sulfide) groups is 1. The summed E-state index contributed by atoms with van der Waals surface area (Å²) in [4.78, 5) is 15.0. The lowest BCUT2D eigenvalue weighted by Crippen LogP contribution is -2.28. The number of benzene rings is 2. The van der Waals surface area contributed by atoms with Crippen LogP contribution in [0.5, 0.6) is 0 Å². The molecule has 0 N–H and O–H groups in total. The number of carbonyl (C=O) groups excluding carboxylic acids is 1. The summed E-state index contributed by atoms with van der Waals surface area (Å²) in [6.07, 6.45) is 1.88. The molecule has 3 rings (SSSR count). The molecule has 2 aromatic rings. The number of para-hydroxylation sites is 1. The van der Waals surface area contributed by atoms with Gasteiger partial charge in [0.25, 0.3) is 5.91 Å². The molecule has 1 amide bonds. The van der Waals surface area contributed by atoms with Crippen molar-refractivity contribution in [3.8, 4) is 0 Å². The molecule has 0 atom stereocenters. The SMILES string of the molecule is Cc1ccccc1N1C(=O)/C(=C/c2cccc(Br)c2)SC1=S. The Hall–Kier alpha value is -1.43. The molecule has 2 aromatic carbocycles. The highest BCUT2D eigenvalue weighted by atomic mass is 79.9. The minimum Gasteiger partial charge on any atom is -0.268 e. The fraction of sp³-hybridized carbons (Fsp3) is 0.0588. The fourth-order valence-electron chi connectivity index (χ4n) is 2.24. The van der Waals surface area contributed by atoms with E-state index in [1.165, 1.54) is 11.8 Å². The van der Waals surface area contributed by atoms with Gasteiger partial charge in [0.15, 0.2) is 4.32 Å². The molecule has 0 saturated carbocycles. The summed E-state index contributed by atoms with van der Waals surface area (Å²) in [5, 5.41) is 0. The van der Waals surface area contributed by atoms with Crippen LogP contribution in [0.4, 0.5) is 5.69 Å². The minimum atomic E-state index is -0.0655. The van der Waals surface area contributed by atoms with E-state index in [1.807, 2.05) is 61.5 Å². The molecule has 110 valence electrons. The minimum absolute atomic E-state index is 0.0655. The molecule has 1 aliphatic heterocycles. The van der Waals surface area contributed by atoms with Gasteiger partial charge in [0.2, 0.25) is 0 Å². The maximum atomic E-state index is 12.7. The predicted octanol–water partition coefficient (Wildman–Crippen LogP) is 5.16. The Morgan fingerprint density at radius 2 is 1.95 bits per heavy atom. The Morgan fingerprint density at radius 1 is 1.18 bits per heavy atom. The van der Waals surface area contributed by atoms with Crippen molar-refractivity contribution in [3.63, 3.8) is 0 Å². The highest BCUT2D eigenvalue weighted by Crippen LogP contribution is 2.37. The van der Waals surface area contributed by atoms with E-state index in [9.17, 15) is 4.79 Å². The van der Waals surface area contributed by atoms with Crippen LogP contribution in [0.2, 0.25) is 0 Å². The highest BCUT2D eigenvalue weighted by Gasteiger charge is 2.33. The van der Waals surface area contributed by atoms with Crippen LogP contribution in [0.3, 0.4) is 0 Å². The van der Waals surface area contributed by atoms with Gasteiger partial charge in [0.1, 0.15) is 0 Å². The maximum absolute atomic E-state index is 12.7. The first-order chi connectivity index (χ1) is 10.6. The van der Waals surface area contributed by atoms with E-state index in [1.54, 1.807) is 4.90 Å². The van der Waals surface area contributed by atoms with Crippen LogP contribution in [0.15, 0.2) is 57.9 Å². The average molecular weight is 390 g/mol. The van der Waals surface area contributed by atoms with E-state index in [-0.39, 0.29) is 5.91 Å². The summed E-state index contributed by atoms with van der Waals surface area (Å²) in [5.74, 6) is -0.0655. The average Bonchev–Trinajstić information content (AvgIpc) is 2.74. The summed E-state index contributed by atoms with van der Waals surface area (Å²) in [7, 11) is 0. The van der Waals surface area contributed by atoms with E-state index < -0.39 is 0 Å². The normalized spacial score (nSPS) is 16.6. The van der Waals surface area contributed by atoms with Gasteiger partial charge in [-0.25, -0.2) is 0 Å². The van der Waals surface area contributed by atoms with E-state index in [2.05, 4.69) is 15.9 Å². The van der Waals surface area contributed by atoms with Crippen LogP contribution in [-0.4, -0.2) is 10.2 Å². The zero-order valence-electron chi connectivity index (χ0n) is 11.7. The second kappa shape index (κ2) is 6.36. The van der Waals surface area contributed by atoms with Crippen LogP contribution in [-0.2, 0) is 4.79 Å². The maximum Gasteiger partial charge on any atom is 0.270 e. The summed E-state index contributed by atoms with van der Waals surface area (Å²) in [6.45, 7) is 1.98. The van der Waals surface area contributed by atoms with Gasteiger partial charge in [-0.15, -0.1) is 0 Å². The van der Waals surface area contributed by atoms with Gasteiger partial charge in [0.05, 0.1) is 10.6 Å². The number of aryl methyl sites for hydroxylation is 1. The van der Waals surface area contributed by atoms with Crippen molar-refractivity contribution in [2.75, 3.05) is 4.90 Å². The van der Waals surface area contributed by atoms with Crippen LogP contribution in [0.1, 0.15) is 11.1 Å². The number of hydrogen-bond donors (Lipinski definition) is 0. The molecule has 1 aliphatic rings. The van der Waals surface area contributed by atoms with Crippen LogP contribution in [0, 0.1) is 6.92 Å². The molecule has 0 bridgehead atoms. The van der Waals surface area contributed by atoms with Gasteiger partial charge >= 0.3 is 0 Å². The zero-order chi connectivity index (χ0) is 15.7. The molecule has 0 aromatic heterocycles. The van der Waals surface area contributed by atoms with Gasteiger partial charge in [-0.2, -0.15) is 0 Å². The lowest BCUT2D eigenvalue weighted by molar-refractivity contribution is -0.113. The number of anilines is 1. The van der Waals surface area contributed by atoms with Crippen molar-refractivity contribution < 1.29 is 4.79 Å². The molecule has 22 heavy (non-hydrogen) atoms. The molecule has 1 saturated heterocycles. The number of thiocarbonyl (C=S) groups is 1. The second-order valence-corrected chi connectivity index (χ2v) is 7.45. The van der Waals surface area contributed by atoms with Crippen LogP contribution < -0.4 is 4.90 Å². The van der Waals surface area contributed by atoms with Crippen molar-refractivity contribution in [3.05, 3.63) is 69.0 Å². The van der Waals surface area contributed by atoms with Gasteiger partial charge in [0, 0.05) is 4.47 Å². The predicted molar refractivity (Wildman–Crippen MR) is 101 cm³/mol. The molecule has 1 fully saturated rings. The largest absolute Gasteiger partial charge is 0.270 e. The molecule has 5 heteroatoms. The first-order valence-corrected chi connectivity index (χ1v) is 8.67. The third kappa shape index (κ3) is 3.02. The van der Waals surface area contributed by atoms with E-state index >= 15 is 0 Å². The summed E-state index contributed by atoms with van der Waals surface area (Å²) in [6, 6.07) is 15.6. The smallest absolute Gasteiger partial charge is 0.268 e. The molecular formula is C17H12BrNOS2. The van der Waals surface area contributed by atoms with E-state index in [0.717, 1.165) is 21.3 Å². The lowest BCUT2D eigenvalue weighted by atomic mass is 10.1. The highest BCUT2D eigenvalue weighted by molar-refractivity contribution is 9.10. The summed E-state index contributed by atoms with van der Waals surface area (Å²) < 4.78 is 1.55. The Morgan fingerprint density at radius 3 is 2.68 bits per heavy atom. The third-order valence-corrected chi connectivity index (χ3v) is 5.09. The molecule has 2 nitrogen and oxygen atoms in total. The van der Waals surface area contributed by atoms with Gasteiger partial charge in [-0.3, -0.25) is 9.69 Å². The monoisotopic (exact) mass is 389 g/mol. The molecular weight excluding hydrogens is 378 g/mol. The van der Waals surface area contributed by atoms with E-state index in [0.29, 0.717) is 9.23 Å². The number of hydrogen-bond acceptors (Lipinski definition) is 3. The summed E-state index contributed by atoms with van der Waals surface area (Å²) >= 11 is 10.2. The number of carbonyl (C=O) groups is 1. The standard InChI is InChI=1S/C17H12BrNOS2/c1-11-5-2-3-8-14(11)19-16(20)15(22-17(19)21)10-12-6-4-7-13(18)9-12/h2-10H,1H3/b15-10-. The quantitative estimate of drug-likeness (QED) is 0.522. The van der Waals surface area contributed by atoms with Crippen molar-refractivity contribution in [2.45, 2.75) is 6.92 Å². The van der Waals surface area contributed by atoms with E-state index in [4.69, 9.17) is 12.2 Å². The number of halogens is 1. The lowest BCUT2D eigenvalue weighted by Gasteiger charge is -2.16. The Kier molecular flexibility index (Phi) is 4.47. The number of nitrogens with zero attached hydrogens (tertiary/aromatic N) is 1. The molecule has 0 unspecified atom stereocenters. The van der Waals surface area contributed by atoms with Gasteiger partial charge in [-0.1, -0.05) is 70.2 Å². The first-order valence-electron chi connectivity index (χ1n) is 6.65. The molecule has 0 aliphatic carbocycles. The molecule has 0 radical (unpaired) electrons.